The van der Waals surface area contributed by atoms with Crippen LogP contribution in [0.25, 0.3) is 0 Å². The maximum atomic E-state index is 10.4. The highest BCUT2D eigenvalue weighted by Gasteiger charge is 1.99. The Balaban J connectivity index is 4.28. The van der Waals surface area contributed by atoms with Gasteiger partial charge in [-0.25, -0.2) is 0 Å². The number of hydrogen-bond acceptors (Lipinski definition) is 2. The van der Waals surface area contributed by atoms with E-state index in [2.05, 4.69) is 0 Å². The van der Waals surface area contributed by atoms with Crippen LogP contribution in [0.3, 0.4) is 0 Å². The van der Waals surface area contributed by atoms with Crippen molar-refractivity contribution in [2.45, 2.75) is 13.8 Å². The third-order valence-electron chi connectivity index (χ3n) is 1.25. The highest BCUT2D eigenvalue weighted by Crippen LogP contribution is 1.99. The van der Waals surface area contributed by atoms with E-state index in [4.69, 9.17) is 10.8 Å². The molecule has 0 radical (unpaired) electrons. The summed E-state index contributed by atoms with van der Waals surface area (Å²) in [6.07, 6.45) is 0. The van der Waals surface area contributed by atoms with E-state index in [0.717, 1.165) is 0 Å². The molecule has 3 N–H and O–H groups in total. The van der Waals surface area contributed by atoms with E-state index in [0.29, 0.717) is 11.1 Å². The molecule has 9 heavy (non-hydrogen) atoms. The Kier molecular flexibility index (Phi) is 2.95. The number of rotatable bonds is 2. The molecule has 0 saturated heterocycles. The minimum absolute atomic E-state index is 0.102. The molecule has 0 fully saturated rings. The molecule has 3 nitrogen and oxygen atoms in total. The number of aliphatic hydroxyl groups excluding tert-OH is 1. The largest absolute Gasteiger partial charge is 0.392 e. The van der Waals surface area contributed by atoms with Gasteiger partial charge in [0.25, 0.3) is 0 Å². The predicted octanol–water partition coefficient (Wildman–Crippen LogP) is -0.200. The Hall–Kier alpha value is -0.830. The highest BCUT2D eigenvalue weighted by molar-refractivity contribution is 5.92. The van der Waals surface area contributed by atoms with Gasteiger partial charge in [0.1, 0.15) is 0 Å². The fourth-order valence-electron chi connectivity index (χ4n) is 0.329. The van der Waals surface area contributed by atoms with Gasteiger partial charge >= 0.3 is 0 Å². The zero-order valence-electron chi connectivity index (χ0n) is 5.64. The van der Waals surface area contributed by atoms with Gasteiger partial charge in [-0.1, -0.05) is 0 Å². The number of carbonyl (C=O) groups is 1. The maximum Gasteiger partial charge on any atom is 0.244 e. The summed E-state index contributed by atoms with van der Waals surface area (Å²) < 4.78 is 0. The molecule has 0 aliphatic carbocycles. The zero-order valence-corrected chi connectivity index (χ0v) is 5.64. The maximum absolute atomic E-state index is 10.4. The highest BCUT2D eigenvalue weighted by atomic mass is 16.3. The van der Waals surface area contributed by atoms with Crippen molar-refractivity contribution >= 4 is 5.91 Å². The smallest absolute Gasteiger partial charge is 0.244 e. The van der Waals surface area contributed by atoms with Crippen LogP contribution in [0.5, 0.6) is 0 Å². The average Bonchev–Trinajstić information content (AvgIpc) is 1.84. The second kappa shape index (κ2) is 3.25. The van der Waals surface area contributed by atoms with Crippen LogP contribution in [-0.2, 0) is 4.79 Å². The zero-order chi connectivity index (χ0) is 7.44. The Labute approximate surface area is 54.2 Å². The van der Waals surface area contributed by atoms with E-state index >= 15 is 0 Å². The number of aliphatic hydroxyl groups is 1. The van der Waals surface area contributed by atoms with Crippen molar-refractivity contribution in [2.75, 3.05) is 6.61 Å². The molecule has 52 valence electrons. The lowest BCUT2D eigenvalue weighted by Gasteiger charge is -1.97. The van der Waals surface area contributed by atoms with E-state index in [-0.39, 0.29) is 6.61 Å². The van der Waals surface area contributed by atoms with Crippen LogP contribution in [0.2, 0.25) is 0 Å². The number of primary amides is 1. The summed E-state index contributed by atoms with van der Waals surface area (Å²) in [5.74, 6) is -0.471. The van der Waals surface area contributed by atoms with E-state index in [1.54, 1.807) is 13.8 Å². The van der Waals surface area contributed by atoms with Crippen molar-refractivity contribution in [3.05, 3.63) is 11.1 Å². The van der Waals surface area contributed by atoms with Crippen LogP contribution in [0.4, 0.5) is 0 Å². The fourth-order valence-corrected chi connectivity index (χ4v) is 0.329. The average molecular weight is 129 g/mol. The van der Waals surface area contributed by atoms with Crippen molar-refractivity contribution in [3.63, 3.8) is 0 Å². The van der Waals surface area contributed by atoms with Crippen LogP contribution >= 0.6 is 0 Å². The minimum Gasteiger partial charge on any atom is -0.392 e. The Morgan fingerprint density at radius 1 is 1.56 bits per heavy atom. The van der Waals surface area contributed by atoms with Crippen LogP contribution in [-0.4, -0.2) is 17.6 Å². The second-order valence-electron chi connectivity index (χ2n) is 1.93. The molecule has 0 aromatic heterocycles. The summed E-state index contributed by atoms with van der Waals surface area (Å²) in [5.41, 5.74) is 5.97. The van der Waals surface area contributed by atoms with Gasteiger partial charge in [-0.15, -0.1) is 0 Å². The first kappa shape index (κ1) is 8.17. The number of carbonyl (C=O) groups excluding carboxylic acids is 1. The van der Waals surface area contributed by atoms with E-state index < -0.39 is 5.91 Å². The van der Waals surface area contributed by atoms with Gasteiger partial charge in [-0.3, -0.25) is 4.79 Å². The molecule has 0 rings (SSSR count). The summed E-state index contributed by atoms with van der Waals surface area (Å²) in [5, 5.41) is 8.49. The molecule has 0 aromatic carbocycles. The molecule has 0 atom stereocenters. The molecule has 0 heterocycles. The molecule has 0 aliphatic heterocycles. The molecule has 3 heteroatoms. The monoisotopic (exact) mass is 129 g/mol. The lowest BCUT2D eigenvalue weighted by atomic mass is 10.1. The SMILES string of the molecule is CC(CO)=C(C)C(N)=O. The number of hydrogen-bond donors (Lipinski definition) is 2. The molecule has 0 unspecified atom stereocenters. The van der Waals surface area contributed by atoms with Gasteiger partial charge in [0.05, 0.1) is 6.61 Å². The molecule has 0 bridgehead atoms. The van der Waals surface area contributed by atoms with Crippen LogP contribution in [0.1, 0.15) is 13.8 Å². The van der Waals surface area contributed by atoms with E-state index in [1.165, 1.54) is 0 Å². The fraction of sp³-hybridized carbons (Fsp3) is 0.500. The first-order chi connectivity index (χ1) is 4.09. The topological polar surface area (TPSA) is 63.3 Å². The number of amides is 1. The molecular weight excluding hydrogens is 118 g/mol. The third-order valence-corrected chi connectivity index (χ3v) is 1.25. The summed E-state index contributed by atoms with van der Waals surface area (Å²) in [6, 6.07) is 0. The van der Waals surface area contributed by atoms with Gasteiger partial charge in [0.15, 0.2) is 0 Å². The number of nitrogens with two attached hydrogens (primary N) is 1. The third kappa shape index (κ3) is 2.28. The molecule has 0 spiro atoms. The normalized spacial score (nSPS) is 12.8. The molecule has 0 aromatic rings. The summed E-state index contributed by atoms with van der Waals surface area (Å²) in [4.78, 5) is 10.4. The van der Waals surface area contributed by atoms with Gasteiger partial charge in [0, 0.05) is 5.57 Å². The Bertz CT molecular complexity index is 149. The first-order valence-corrected chi connectivity index (χ1v) is 2.66. The van der Waals surface area contributed by atoms with Gasteiger partial charge in [-0.2, -0.15) is 0 Å². The lowest BCUT2D eigenvalue weighted by molar-refractivity contribution is -0.114. The lowest BCUT2D eigenvalue weighted by Crippen LogP contribution is -2.13. The van der Waals surface area contributed by atoms with Crippen molar-refractivity contribution in [2.24, 2.45) is 5.73 Å². The Morgan fingerprint density at radius 2 is 2.00 bits per heavy atom. The van der Waals surface area contributed by atoms with Crippen molar-refractivity contribution < 1.29 is 9.90 Å². The van der Waals surface area contributed by atoms with Crippen molar-refractivity contribution in [1.82, 2.24) is 0 Å². The molecule has 0 saturated carbocycles. The quantitative estimate of drug-likeness (QED) is 0.507. The second-order valence-corrected chi connectivity index (χ2v) is 1.93. The van der Waals surface area contributed by atoms with Gasteiger partial charge < -0.3 is 10.8 Å². The summed E-state index contributed by atoms with van der Waals surface area (Å²) >= 11 is 0. The Morgan fingerprint density at radius 3 is 2.11 bits per heavy atom. The molecule has 1 amide bonds. The van der Waals surface area contributed by atoms with Crippen LogP contribution in [0.15, 0.2) is 11.1 Å². The van der Waals surface area contributed by atoms with Crippen molar-refractivity contribution in [1.29, 1.82) is 0 Å². The first-order valence-electron chi connectivity index (χ1n) is 2.66. The molecular formula is C6H11NO2. The van der Waals surface area contributed by atoms with Gasteiger partial charge in [0.2, 0.25) is 5.91 Å². The summed E-state index contributed by atoms with van der Waals surface area (Å²) in [6.45, 7) is 3.16. The van der Waals surface area contributed by atoms with Gasteiger partial charge in [-0.05, 0) is 19.4 Å². The van der Waals surface area contributed by atoms with E-state index in [9.17, 15) is 4.79 Å². The molecule has 0 aliphatic rings. The van der Waals surface area contributed by atoms with E-state index in [1.807, 2.05) is 0 Å². The van der Waals surface area contributed by atoms with Crippen LogP contribution < -0.4 is 5.73 Å². The van der Waals surface area contributed by atoms with Crippen LogP contribution in [0, 0.1) is 0 Å². The predicted molar refractivity (Wildman–Crippen MR) is 34.7 cm³/mol. The standard InChI is InChI=1S/C6H11NO2/c1-4(3-8)5(2)6(7)9/h8H,3H2,1-2H3,(H2,7,9). The minimum atomic E-state index is -0.471. The van der Waals surface area contributed by atoms with Crippen molar-refractivity contribution in [3.8, 4) is 0 Å². The summed E-state index contributed by atoms with van der Waals surface area (Å²) in [7, 11) is 0.